The van der Waals surface area contributed by atoms with Gasteiger partial charge in [-0.05, 0) is 42.5 Å². The number of furan rings is 1. The van der Waals surface area contributed by atoms with Crippen LogP contribution in [0.4, 0.5) is 10.1 Å². The number of hydrogen-bond acceptors (Lipinski definition) is 6. The molecule has 0 saturated carbocycles. The van der Waals surface area contributed by atoms with Crippen molar-refractivity contribution < 1.29 is 18.8 Å². The predicted molar refractivity (Wildman–Crippen MR) is 91.2 cm³/mol. The Balaban J connectivity index is 1.86. The maximum atomic E-state index is 13.2. The van der Waals surface area contributed by atoms with Crippen LogP contribution in [0.2, 0.25) is 5.02 Å². The summed E-state index contributed by atoms with van der Waals surface area (Å²) < 4.78 is 18.7. The van der Waals surface area contributed by atoms with Gasteiger partial charge < -0.3 is 14.5 Å². The molecule has 0 fully saturated rings. The van der Waals surface area contributed by atoms with Crippen molar-refractivity contribution in [2.45, 2.75) is 0 Å². The molecule has 0 spiro atoms. The molecule has 10 heteroatoms. The number of benzene rings is 1. The third kappa shape index (κ3) is 3.47. The van der Waals surface area contributed by atoms with Crippen molar-refractivity contribution in [3.8, 4) is 17.2 Å². The van der Waals surface area contributed by atoms with Gasteiger partial charge >= 0.3 is 11.2 Å². The van der Waals surface area contributed by atoms with E-state index in [1.165, 1.54) is 30.4 Å². The van der Waals surface area contributed by atoms with E-state index in [0.29, 0.717) is 17.1 Å². The molecular formula is C16H9ClFN3O5. The molecule has 2 aromatic heterocycles. The van der Waals surface area contributed by atoms with Crippen LogP contribution in [0.3, 0.4) is 0 Å². The van der Waals surface area contributed by atoms with Crippen LogP contribution in [-0.2, 0) is 0 Å². The van der Waals surface area contributed by atoms with Crippen molar-refractivity contribution in [1.29, 1.82) is 0 Å². The normalized spacial score (nSPS) is 11.2. The van der Waals surface area contributed by atoms with Crippen molar-refractivity contribution in [3.63, 3.8) is 0 Å². The molecule has 0 bridgehead atoms. The Labute approximate surface area is 149 Å². The van der Waals surface area contributed by atoms with E-state index < -0.39 is 27.9 Å². The van der Waals surface area contributed by atoms with Crippen molar-refractivity contribution in [1.82, 2.24) is 9.97 Å². The van der Waals surface area contributed by atoms with Crippen LogP contribution in [0, 0.1) is 15.9 Å². The third-order valence-corrected chi connectivity index (χ3v) is 3.60. The molecule has 0 saturated heterocycles. The van der Waals surface area contributed by atoms with E-state index in [2.05, 4.69) is 9.97 Å². The SMILES string of the molecule is O=c1[nH]c(/C=C\c2ccc(-c3ccc(F)c(Cl)c3)o2)nc(O)c1[N+](=O)[O-]. The molecule has 0 amide bonds. The fraction of sp³-hybridized carbons (Fsp3) is 0. The Morgan fingerprint density at radius 2 is 2.08 bits per heavy atom. The van der Waals surface area contributed by atoms with Crippen molar-refractivity contribution in [3.05, 3.63) is 73.2 Å². The maximum absolute atomic E-state index is 13.2. The molecular weight excluding hydrogens is 369 g/mol. The number of rotatable bonds is 4. The molecule has 1 aromatic carbocycles. The average Bonchev–Trinajstić information content (AvgIpc) is 3.03. The van der Waals surface area contributed by atoms with E-state index in [1.807, 2.05) is 0 Å². The number of nitro groups is 1. The predicted octanol–water partition coefficient (Wildman–Crippen LogP) is 3.61. The highest BCUT2D eigenvalue weighted by Gasteiger charge is 2.21. The summed E-state index contributed by atoms with van der Waals surface area (Å²) in [5.74, 6) is -0.837. The van der Waals surface area contributed by atoms with Gasteiger partial charge in [0.2, 0.25) is 0 Å². The number of aromatic amines is 1. The van der Waals surface area contributed by atoms with Crippen LogP contribution in [-0.4, -0.2) is 20.0 Å². The van der Waals surface area contributed by atoms with E-state index in [4.69, 9.17) is 16.0 Å². The number of nitrogens with one attached hydrogen (secondary N) is 1. The lowest BCUT2D eigenvalue weighted by Gasteiger charge is -1.99. The fourth-order valence-corrected chi connectivity index (χ4v) is 2.30. The minimum atomic E-state index is -1.08. The van der Waals surface area contributed by atoms with Gasteiger partial charge in [0.05, 0.1) is 9.95 Å². The number of halogens is 2. The first-order valence-electron chi connectivity index (χ1n) is 7.06. The molecule has 0 radical (unpaired) electrons. The molecule has 0 atom stereocenters. The lowest BCUT2D eigenvalue weighted by molar-refractivity contribution is -0.387. The van der Waals surface area contributed by atoms with Crippen LogP contribution < -0.4 is 5.56 Å². The molecule has 0 aliphatic carbocycles. The van der Waals surface area contributed by atoms with Crippen LogP contribution in [0.1, 0.15) is 11.6 Å². The summed E-state index contributed by atoms with van der Waals surface area (Å²) in [4.78, 5) is 26.9. The molecule has 0 unspecified atom stereocenters. The fourth-order valence-electron chi connectivity index (χ4n) is 2.12. The van der Waals surface area contributed by atoms with E-state index in [1.54, 1.807) is 12.1 Å². The number of H-pyrrole nitrogens is 1. The van der Waals surface area contributed by atoms with Crippen LogP contribution >= 0.6 is 11.6 Å². The molecule has 3 aromatic rings. The Bertz CT molecular complexity index is 1090. The Hall–Kier alpha value is -3.46. The standard InChI is InChI=1S/C16H9ClFN3O5/c17-10-7-8(1-4-11(10)18)12-5-2-9(26-12)3-6-13-19-15(22)14(21(24)25)16(23)20-13/h1-7H,(H2,19,20,22,23)/b6-3-. The maximum Gasteiger partial charge on any atom is 0.395 e. The van der Waals surface area contributed by atoms with Gasteiger partial charge in [0.25, 0.3) is 5.88 Å². The lowest BCUT2D eigenvalue weighted by Crippen LogP contribution is -2.14. The minimum Gasteiger partial charge on any atom is -0.488 e. The van der Waals surface area contributed by atoms with Gasteiger partial charge in [-0.3, -0.25) is 14.9 Å². The summed E-state index contributed by atoms with van der Waals surface area (Å²) in [5, 5.41) is 20.1. The van der Waals surface area contributed by atoms with Gasteiger partial charge in [-0.1, -0.05) is 11.6 Å². The second kappa shape index (κ2) is 6.81. The smallest absolute Gasteiger partial charge is 0.395 e. The summed E-state index contributed by atoms with van der Waals surface area (Å²) in [6.07, 6.45) is 2.73. The third-order valence-electron chi connectivity index (χ3n) is 3.31. The zero-order valence-electron chi connectivity index (χ0n) is 12.8. The van der Waals surface area contributed by atoms with Crippen molar-refractivity contribution >= 4 is 29.4 Å². The average molecular weight is 378 g/mol. The van der Waals surface area contributed by atoms with E-state index in [9.17, 15) is 24.4 Å². The second-order valence-corrected chi connectivity index (χ2v) is 5.45. The van der Waals surface area contributed by atoms with Gasteiger partial charge in [-0.25, -0.2) is 4.39 Å². The number of nitrogens with zero attached hydrogens (tertiary/aromatic N) is 2. The van der Waals surface area contributed by atoms with Gasteiger partial charge in [0, 0.05) is 5.56 Å². The zero-order chi connectivity index (χ0) is 18.8. The first-order chi connectivity index (χ1) is 12.3. The number of aromatic hydroxyl groups is 1. The van der Waals surface area contributed by atoms with Crippen LogP contribution in [0.15, 0.2) is 39.5 Å². The van der Waals surface area contributed by atoms with E-state index >= 15 is 0 Å². The summed E-state index contributed by atoms with van der Waals surface area (Å²) in [6, 6.07) is 7.36. The summed E-state index contributed by atoms with van der Waals surface area (Å²) in [7, 11) is 0. The molecule has 132 valence electrons. The zero-order valence-corrected chi connectivity index (χ0v) is 13.5. The first-order valence-corrected chi connectivity index (χ1v) is 7.44. The quantitative estimate of drug-likeness (QED) is 0.529. The van der Waals surface area contributed by atoms with Crippen LogP contribution in [0.25, 0.3) is 23.5 Å². The topological polar surface area (TPSA) is 122 Å². The lowest BCUT2D eigenvalue weighted by atomic mass is 10.2. The van der Waals surface area contributed by atoms with Crippen LogP contribution in [0.5, 0.6) is 5.88 Å². The van der Waals surface area contributed by atoms with Gasteiger partial charge in [-0.2, -0.15) is 4.98 Å². The molecule has 0 aliphatic heterocycles. The van der Waals surface area contributed by atoms with Gasteiger partial charge in [-0.15, -0.1) is 0 Å². The molecule has 8 nitrogen and oxygen atoms in total. The first kappa shape index (κ1) is 17.4. The number of hydrogen-bond donors (Lipinski definition) is 2. The minimum absolute atomic E-state index is 0.0425. The summed E-state index contributed by atoms with van der Waals surface area (Å²) in [6.45, 7) is 0. The number of aromatic nitrogens is 2. The Morgan fingerprint density at radius 1 is 1.31 bits per heavy atom. The van der Waals surface area contributed by atoms with E-state index in [0.717, 1.165) is 0 Å². The second-order valence-electron chi connectivity index (χ2n) is 5.04. The molecule has 2 N–H and O–H groups in total. The highest BCUT2D eigenvalue weighted by Crippen LogP contribution is 2.27. The molecule has 26 heavy (non-hydrogen) atoms. The molecule has 2 heterocycles. The molecule has 3 rings (SSSR count). The van der Waals surface area contributed by atoms with Crippen molar-refractivity contribution in [2.24, 2.45) is 0 Å². The van der Waals surface area contributed by atoms with Gasteiger partial charge in [0.1, 0.15) is 23.2 Å². The monoisotopic (exact) mass is 377 g/mol. The highest BCUT2D eigenvalue weighted by molar-refractivity contribution is 6.31. The summed E-state index contributed by atoms with van der Waals surface area (Å²) in [5.41, 5.74) is -1.55. The Morgan fingerprint density at radius 3 is 2.73 bits per heavy atom. The van der Waals surface area contributed by atoms with E-state index in [-0.39, 0.29) is 10.8 Å². The summed E-state index contributed by atoms with van der Waals surface area (Å²) >= 11 is 5.73. The van der Waals surface area contributed by atoms with Crippen molar-refractivity contribution in [2.75, 3.05) is 0 Å². The largest absolute Gasteiger partial charge is 0.488 e. The Kier molecular flexibility index (Phi) is 4.55. The van der Waals surface area contributed by atoms with Gasteiger partial charge in [0.15, 0.2) is 0 Å². The molecule has 0 aliphatic rings. The highest BCUT2D eigenvalue weighted by atomic mass is 35.5.